The molecule has 0 bridgehead atoms. The van der Waals surface area contributed by atoms with Gasteiger partial charge >= 0.3 is 5.97 Å². The van der Waals surface area contributed by atoms with Crippen LogP contribution >= 0.6 is 0 Å². The zero-order chi connectivity index (χ0) is 24.7. The molecule has 180 valence electrons. The predicted octanol–water partition coefficient (Wildman–Crippen LogP) is -2.19. The van der Waals surface area contributed by atoms with Crippen LogP contribution in [0.1, 0.15) is 51.5 Å². The molecule has 1 rings (SSSR count). The number of carbonyl (C=O) groups is 4. The second-order valence-corrected chi connectivity index (χ2v) is 6.98. The summed E-state index contributed by atoms with van der Waals surface area (Å²) in [4.78, 5) is 44.3. The highest BCUT2D eigenvalue weighted by atomic mass is 16.5. The molecule has 1 unspecified atom stereocenters. The lowest BCUT2D eigenvalue weighted by molar-refractivity contribution is -0.339. The molecular formula is C22H30NO9-3. The summed E-state index contributed by atoms with van der Waals surface area (Å²) >= 11 is 0. The Morgan fingerprint density at radius 2 is 1.47 bits per heavy atom. The van der Waals surface area contributed by atoms with Gasteiger partial charge in [-0.25, -0.2) is 0 Å². The van der Waals surface area contributed by atoms with Crippen LogP contribution in [0.25, 0.3) is 0 Å². The first-order valence-electron chi connectivity index (χ1n) is 10.3. The summed E-state index contributed by atoms with van der Waals surface area (Å²) in [6.45, 7) is 9.51. The normalized spacial score (nSPS) is 11.8. The summed E-state index contributed by atoms with van der Waals surface area (Å²) in [6, 6.07) is 9.85. The Kier molecular flexibility index (Phi) is 13.5. The fourth-order valence-electron chi connectivity index (χ4n) is 2.82. The number of benzene rings is 1. The molecule has 0 radical (unpaired) electrons. The van der Waals surface area contributed by atoms with Crippen LogP contribution in [-0.2, 0) is 23.9 Å². The summed E-state index contributed by atoms with van der Waals surface area (Å²) < 4.78 is 5.40. The van der Waals surface area contributed by atoms with Gasteiger partial charge in [-0.3, -0.25) is 4.79 Å². The van der Waals surface area contributed by atoms with Gasteiger partial charge in [0, 0.05) is 31.3 Å². The van der Waals surface area contributed by atoms with E-state index in [0.29, 0.717) is 6.61 Å². The Morgan fingerprint density at radius 1 is 0.969 bits per heavy atom. The number of aliphatic hydroxyl groups is 1. The Hall–Kier alpha value is -2.98. The minimum absolute atomic E-state index is 0.110. The summed E-state index contributed by atoms with van der Waals surface area (Å²) in [6.07, 6.45) is -1.94. The van der Waals surface area contributed by atoms with Gasteiger partial charge in [0.1, 0.15) is 12.2 Å². The zero-order valence-electron chi connectivity index (χ0n) is 18.6. The van der Waals surface area contributed by atoms with Gasteiger partial charge in [-0.15, -0.1) is 0 Å². The third-order valence-electron chi connectivity index (χ3n) is 4.69. The molecule has 0 aromatic heterocycles. The molecule has 1 aromatic carbocycles. The SMILES string of the molecule is CCC(C(=O)OCCN(CC)CC)c1ccccc1.O=C([O-])CC(O)(CC(=O)[O-])C(=O)[O-]. The predicted molar refractivity (Wildman–Crippen MR) is 107 cm³/mol. The van der Waals surface area contributed by atoms with Crippen molar-refractivity contribution in [1.29, 1.82) is 0 Å². The summed E-state index contributed by atoms with van der Waals surface area (Å²) in [5.74, 6) is -6.24. The van der Waals surface area contributed by atoms with Gasteiger partial charge in [0.25, 0.3) is 0 Å². The minimum atomic E-state index is -2.97. The third-order valence-corrected chi connectivity index (χ3v) is 4.69. The number of nitrogens with zero attached hydrogens (tertiary/aromatic N) is 1. The molecule has 0 fully saturated rings. The lowest BCUT2D eigenvalue weighted by Gasteiger charge is -2.29. The van der Waals surface area contributed by atoms with Crippen molar-refractivity contribution in [2.75, 3.05) is 26.2 Å². The van der Waals surface area contributed by atoms with E-state index >= 15 is 0 Å². The molecule has 0 aliphatic heterocycles. The highest BCUT2D eigenvalue weighted by molar-refractivity contribution is 5.86. The zero-order valence-corrected chi connectivity index (χ0v) is 18.6. The first-order valence-corrected chi connectivity index (χ1v) is 10.3. The van der Waals surface area contributed by atoms with Crippen molar-refractivity contribution in [1.82, 2.24) is 4.90 Å². The lowest BCUT2D eigenvalue weighted by atomic mass is 9.96. The highest BCUT2D eigenvalue weighted by Gasteiger charge is 2.29. The number of ether oxygens (including phenoxy) is 1. The average Bonchev–Trinajstić information content (AvgIpc) is 2.72. The van der Waals surface area contributed by atoms with Gasteiger partial charge in [0.15, 0.2) is 0 Å². The average molecular weight is 452 g/mol. The van der Waals surface area contributed by atoms with Crippen LogP contribution < -0.4 is 15.3 Å². The third kappa shape index (κ3) is 10.9. The number of aliphatic carboxylic acids is 3. The van der Waals surface area contributed by atoms with E-state index in [1.807, 2.05) is 37.3 Å². The van der Waals surface area contributed by atoms with Crippen LogP contribution in [0, 0.1) is 0 Å². The number of carboxylic acids is 3. The Morgan fingerprint density at radius 3 is 1.84 bits per heavy atom. The number of hydrogen-bond acceptors (Lipinski definition) is 10. The second-order valence-electron chi connectivity index (χ2n) is 6.98. The second kappa shape index (κ2) is 14.9. The van der Waals surface area contributed by atoms with E-state index in [1.165, 1.54) is 0 Å². The minimum Gasteiger partial charge on any atom is -0.550 e. The van der Waals surface area contributed by atoms with E-state index in [1.54, 1.807) is 0 Å². The van der Waals surface area contributed by atoms with Crippen molar-refractivity contribution >= 4 is 23.9 Å². The number of esters is 1. The van der Waals surface area contributed by atoms with Gasteiger partial charge in [0.2, 0.25) is 0 Å². The maximum absolute atomic E-state index is 12.1. The van der Waals surface area contributed by atoms with Crippen LogP contribution in [-0.4, -0.2) is 65.7 Å². The fourth-order valence-corrected chi connectivity index (χ4v) is 2.82. The van der Waals surface area contributed by atoms with E-state index in [9.17, 15) is 34.5 Å². The van der Waals surface area contributed by atoms with Crippen molar-refractivity contribution in [2.45, 2.75) is 51.6 Å². The first kappa shape index (κ1) is 29.0. The number of rotatable bonds is 13. The van der Waals surface area contributed by atoms with Crippen molar-refractivity contribution in [3.63, 3.8) is 0 Å². The van der Waals surface area contributed by atoms with E-state index in [-0.39, 0.29) is 11.9 Å². The largest absolute Gasteiger partial charge is 0.550 e. The molecule has 0 amide bonds. The van der Waals surface area contributed by atoms with E-state index in [2.05, 4.69) is 18.7 Å². The molecule has 0 saturated carbocycles. The van der Waals surface area contributed by atoms with Crippen LogP contribution in [0.3, 0.4) is 0 Å². The molecule has 32 heavy (non-hydrogen) atoms. The number of likely N-dealkylation sites (N-methyl/N-ethyl adjacent to an activating group) is 1. The van der Waals surface area contributed by atoms with E-state index < -0.39 is 36.4 Å². The highest BCUT2D eigenvalue weighted by Crippen LogP contribution is 2.20. The maximum Gasteiger partial charge on any atom is 0.313 e. The van der Waals surface area contributed by atoms with Gasteiger partial charge in [0.05, 0.1) is 11.9 Å². The Labute approximate surface area is 187 Å². The van der Waals surface area contributed by atoms with E-state index in [0.717, 1.165) is 31.6 Å². The van der Waals surface area contributed by atoms with Crippen LogP contribution in [0.5, 0.6) is 0 Å². The van der Waals surface area contributed by atoms with Gasteiger partial charge < -0.3 is 44.4 Å². The number of carbonyl (C=O) groups excluding carboxylic acids is 4. The molecule has 1 atom stereocenters. The van der Waals surface area contributed by atoms with Gasteiger partial charge in [-0.05, 0) is 25.1 Å². The fraction of sp³-hybridized carbons (Fsp3) is 0.545. The topological polar surface area (TPSA) is 170 Å². The van der Waals surface area contributed by atoms with Crippen LogP contribution in [0.4, 0.5) is 0 Å². The van der Waals surface area contributed by atoms with E-state index in [4.69, 9.17) is 9.84 Å². The van der Waals surface area contributed by atoms with Crippen molar-refractivity contribution in [3.8, 4) is 0 Å². The monoisotopic (exact) mass is 452 g/mol. The Balaban J connectivity index is 0.000000649. The molecule has 1 N–H and O–H groups in total. The molecule has 0 aliphatic rings. The molecule has 10 nitrogen and oxygen atoms in total. The number of carboxylic acid groups (broad SMARTS) is 3. The van der Waals surface area contributed by atoms with Gasteiger partial charge in [-0.1, -0.05) is 51.1 Å². The first-order chi connectivity index (χ1) is 15.0. The molecule has 0 aliphatic carbocycles. The van der Waals surface area contributed by atoms with Crippen molar-refractivity contribution < 1.29 is 44.3 Å². The molecule has 0 spiro atoms. The van der Waals surface area contributed by atoms with Crippen LogP contribution in [0.2, 0.25) is 0 Å². The lowest BCUT2D eigenvalue weighted by Crippen LogP contribution is -2.54. The maximum atomic E-state index is 12.1. The Bertz CT molecular complexity index is 716. The van der Waals surface area contributed by atoms with Crippen LogP contribution in [0.15, 0.2) is 30.3 Å². The summed E-state index contributed by atoms with van der Waals surface area (Å²) in [5.41, 5.74) is -1.93. The van der Waals surface area contributed by atoms with Crippen molar-refractivity contribution in [3.05, 3.63) is 35.9 Å². The van der Waals surface area contributed by atoms with Crippen molar-refractivity contribution in [2.24, 2.45) is 0 Å². The number of hydrogen-bond donors (Lipinski definition) is 1. The molecule has 1 aromatic rings. The quantitative estimate of drug-likeness (QED) is 0.324. The summed E-state index contributed by atoms with van der Waals surface area (Å²) in [7, 11) is 0. The molecule has 10 heteroatoms. The standard InChI is InChI=1S/C16H25NO2.C6H8O7/c1-4-15(14-10-8-7-9-11-14)16(18)19-13-12-17(5-2)6-3;7-3(8)1-6(13,5(11)12)2-4(9)10/h7-11,15H,4-6,12-13H2,1-3H3;13H,1-2H2,(H,7,8)(H,9,10)(H,11,12)/p-3. The summed E-state index contributed by atoms with van der Waals surface area (Å²) in [5, 5.41) is 38.9. The smallest absolute Gasteiger partial charge is 0.313 e. The molecule has 0 saturated heterocycles. The molecular weight excluding hydrogens is 422 g/mol. The van der Waals surface area contributed by atoms with Gasteiger partial charge in [-0.2, -0.15) is 0 Å². The molecule has 0 heterocycles.